The Labute approximate surface area is 84.6 Å². The maximum absolute atomic E-state index is 4.44. The molecule has 0 saturated heterocycles. The summed E-state index contributed by atoms with van der Waals surface area (Å²) in [6, 6.07) is 6.05. The Morgan fingerprint density at radius 3 is 3.00 bits per heavy atom. The molecule has 0 unspecified atom stereocenters. The van der Waals surface area contributed by atoms with E-state index in [-0.39, 0.29) is 0 Å². The van der Waals surface area contributed by atoms with Crippen LogP contribution in [0.5, 0.6) is 0 Å². The second-order valence-corrected chi connectivity index (χ2v) is 4.87. The van der Waals surface area contributed by atoms with E-state index in [4.69, 9.17) is 0 Å². The van der Waals surface area contributed by atoms with Gasteiger partial charge in [0, 0.05) is 4.90 Å². The summed E-state index contributed by atoms with van der Waals surface area (Å²) >= 11 is 7.73. The summed E-state index contributed by atoms with van der Waals surface area (Å²) in [7, 11) is 0. The molecular formula is C8H7NS3. The molecule has 2 aromatic rings. The predicted molar refractivity (Wildman–Crippen MR) is 58.7 cm³/mol. The molecule has 1 aromatic heterocycles. The summed E-state index contributed by atoms with van der Waals surface area (Å²) in [6.45, 7) is 0. The highest BCUT2D eigenvalue weighted by Crippen LogP contribution is 2.30. The van der Waals surface area contributed by atoms with Gasteiger partial charge < -0.3 is 0 Å². The van der Waals surface area contributed by atoms with Crippen LogP contribution in [0.2, 0.25) is 0 Å². The molecule has 0 bridgehead atoms. The second kappa shape index (κ2) is 3.28. The fraction of sp³-hybridized carbons (Fsp3) is 0.125. The number of hydrogen-bond acceptors (Lipinski definition) is 4. The van der Waals surface area contributed by atoms with Crippen LogP contribution in [0.1, 0.15) is 0 Å². The molecule has 0 aliphatic rings. The van der Waals surface area contributed by atoms with Gasteiger partial charge in [0.05, 0.1) is 10.2 Å². The standard InChI is InChI=1S/C8H7NS3/c1-11-8-9-7-5(10)3-2-4-6(7)12-8/h2-4,10H,1H3. The molecule has 0 radical (unpaired) electrons. The zero-order chi connectivity index (χ0) is 8.55. The molecule has 4 heteroatoms. The van der Waals surface area contributed by atoms with Crippen molar-refractivity contribution in [2.45, 2.75) is 9.24 Å². The lowest BCUT2D eigenvalue weighted by Gasteiger charge is -1.89. The van der Waals surface area contributed by atoms with Gasteiger partial charge in [-0.15, -0.1) is 24.0 Å². The van der Waals surface area contributed by atoms with E-state index in [0.717, 1.165) is 14.8 Å². The number of benzene rings is 1. The molecule has 0 aliphatic heterocycles. The number of hydrogen-bond donors (Lipinski definition) is 1. The van der Waals surface area contributed by atoms with Crippen molar-refractivity contribution >= 4 is 45.9 Å². The van der Waals surface area contributed by atoms with E-state index in [1.54, 1.807) is 23.1 Å². The minimum Gasteiger partial charge on any atom is -0.228 e. The maximum atomic E-state index is 4.44. The lowest BCUT2D eigenvalue weighted by molar-refractivity contribution is 1.28. The quantitative estimate of drug-likeness (QED) is 0.576. The SMILES string of the molecule is CSc1nc2c(S)cccc2s1. The number of rotatable bonds is 1. The van der Waals surface area contributed by atoms with Crippen molar-refractivity contribution in [3.63, 3.8) is 0 Å². The van der Waals surface area contributed by atoms with E-state index < -0.39 is 0 Å². The van der Waals surface area contributed by atoms with Gasteiger partial charge in [0.25, 0.3) is 0 Å². The fourth-order valence-corrected chi connectivity index (χ4v) is 2.84. The van der Waals surface area contributed by atoms with Crippen molar-refractivity contribution in [2.24, 2.45) is 0 Å². The fourth-order valence-electron chi connectivity index (χ4n) is 1.00. The van der Waals surface area contributed by atoms with Gasteiger partial charge in [-0.2, -0.15) is 0 Å². The average molecular weight is 213 g/mol. The number of thiazole rings is 1. The van der Waals surface area contributed by atoms with Gasteiger partial charge in [-0.3, -0.25) is 0 Å². The molecule has 1 aromatic carbocycles. The normalized spacial score (nSPS) is 10.8. The third-order valence-electron chi connectivity index (χ3n) is 1.55. The van der Waals surface area contributed by atoms with Gasteiger partial charge in [-0.25, -0.2) is 4.98 Å². The largest absolute Gasteiger partial charge is 0.228 e. The monoisotopic (exact) mass is 213 g/mol. The maximum Gasteiger partial charge on any atom is 0.150 e. The van der Waals surface area contributed by atoms with Crippen LogP contribution in [0.3, 0.4) is 0 Å². The van der Waals surface area contributed by atoms with Crippen molar-refractivity contribution < 1.29 is 0 Å². The lowest BCUT2D eigenvalue weighted by atomic mass is 10.3. The highest BCUT2D eigenvalue weighted by atomic mass is 32.2. The molecule has 0 fully saturated rings. The molecule has 2 rings (SSSR count). The third-order valence-corrected chi connectivity index (χ3v) is 3.92. The van der Waals surface area contributed by atoms with Crippen molar-refractivity contribution in [1.29, 1.82) is 0 Å². The van der Waals surface area contributed by atoms with Gasteiger partial charge in [0.1, 0.15) is 0 Å². The van der Waals surface area contributed by atoms with Crippen LogP contribution in [0.25, 0.3) is 10.2 Å². The van der Waals surface area contributed by atoms with E-state index >= 15 is 0 Å². The molecule has 0 aliphatic carbocycles. The molecule has 1 heterocycles. The van der Waals surface area contributed by atoms with E-state index in [1.165, 1.54) is 4.70 Å². The van der Waals surface area contributed by atoms with Crippen LogP contribution < -0.4 is 0 Å². The minimum atomic E-state index is 0.962. The molecule has 62 valence electrons. The Bertz CT molecular complexity index is 408. The number of nitrogens with zero attached hydrogens (tertiary/aromatic N) is 1. The van der Waals surface area contributed by atoms with Crippen LogP contribution in [0.15, 0.2) is 27.4 Å². The summed E-state index contributed by atoms with van der Waals surface area (Å²) in [6.07, 6.45) is 2.04. The van der Waals surface area contributed by atoms with Gasteiger partial charge in [0.2, 0.25) is 0 Å². The van der Waals surface area contributed by atoms with E-state index in [0.29, 0.717) is 0 Å². The van der Waals surface area contributed by atoms with Gasteiger partial charge in [-0.1, -0.05) is 17.8 Å². The molecule has 0 atom stereocenters. The molecule has 1 nitrogen and oxygen atoms in total. The third kappa shape index (κ3) is 1.34. The van der Waals surface area contributed by atoms with Gasteiger partial charge in [-0.05, 0) is 18.4 Å². The molecule has 12 heavy (non-hydrogen) atoms. The van der Waals surface area contributed by atoms with Gasteiger partial charge >= 0.3 is 0 Å². The van der Waals surface area contributed by atoms with Crippen LogP contribution >= 0.6 is 35.7 Å². The zero-order valence-electron chi connectivity index (χ0n) is 6.44. The van der Waals surface area contributed by atoms with Crippen LogP contribution in [0.4, 0.5) is 0 Å². The highest BCUT2D eigenvalue weighted by molar-refractivity contribution is 8.00. The van der Waals surface area contributed by atoms with Crippen LogP contribution in [-0.2, 0) is 0 Å². The lowest BCUT2D eigenvalue weighted by Crippen LogP contribution is -1.70. The first kappa shape index (κ1) is 8.41. The van der Waals surface area contributed by atoms with E-state index in [9.17, 15) is 0 Å². The Kier molecular flexibility index (Phi) is 2.30. The van der Waals surface area contributed by atoms with Crippen molar-refractivity contribution in [3.8, 4) is 0 Å². The second-order valence-electron chi connectivity index (χ2n) is 2.31. The smallest absolute Gasteiger partial charge is 0.150 e. The van der Waals surface area contributed by atoms with Crippen molar-refractivity contribution in [1.82, 2.24) is 4.98 Å². The molecule has 0 amide bonds. The van der Waals surface area contributed by atoms with E-state index in [2.05, 4.69) is 23.7 Å². The van der Waals surface area contributed by atoms with Gasteiger partial charge in [0.15, 0.2) is 4.34 Å². The average Bonchev–Trinajstić information content (AvgIpc) is 2.49. The van der Waals surface area contributed by atoms with Crippen molar-refractivity contribution in [2.75, 3.05) is 6.26 Å². The predicted octanol–water partition coefficient (Wildman–Crippen LogP) is 3.31. The van der Waals surface area contributed by atoms with Crippen LogP contribution in [-0.4, -0.2) is 11.2 Å². The Morgan fingerprint density at radius 1 is 1.50 bits per heavy atom. The molecular weight excluding hydrogens is 206 g/mol. The first-order valence-corrected chi connectivity index (χ1v) is 5.92. The number of thioether (sulfide) groups is 1. The molecule has 0 spiro atoms. The summed E-state index contributed by atoms with van der Waals surface area (Å²) < 4.78 is 2.32. The first-order chi connectivity index (χ1) is 5.81. The Morgan fingerprint density at radius 2 is 2.33 bits per heavy atom. The van der Waals surface area contributed by atoms with Crippen molar-refractivity contribution in [3.05, 3.63) is 18.2 Å². The molecule has 0 N–H and O–H groups in total. The topological polar surface area (TPSA) is 12.9 Å². The Hall–Kier alpha value is -0.190. The Balaban J connectivity index is 2.74. The summed E-state index contributed by atoms with van der Waals surface area (Å²) in [5.41, 5.74) is 1.02. The summed E-state index contributed by atoms with van der Waals surface area (Å²) in [4.78, 5) is 5.40. The van der Waals surface area contributed by atoms with E-state index in [1.807, 2.05) is 18.4 Å². The summed E-state index contributed by atoms with van der Waals surface area (Å²) in [5.74, 6) is 0. The van der Waals surface area contributed by atoms with Crippen LogP contribution in [0, 0.1) is 0 Å². The number of para-hydroxylation sites is 1. The molecule has 0 saturated carbocycles. The zero-order valence-corrected chi connectivity index (χ0v) is 8.97. The summed E-state index contributed by atoms with van der Waals surface area (Å²) in [5, 5.41) is 0. The number of fused-ring (bicyclic) bond motifs is 1. The highest BCUT2D eigenvalue weighted by Gasteiger charge is 2.03. The first-order valence-electron chi connectivity index (χ1n) is 3.44. The number of thiol groups is 1. The number of aromatic nitrogens is 1. The minimum absolute atomic E-state index is 0.962.